The van der Waals surface area contributed by atoms with Crippen LogP contribution in [-0.4, -0.2) is 50.9 Å². The number of amides is 1. The number of carbonyl (C=O) groups excluding carboxylic acids is 1. The summed E-state index contributed by atoms with van der Waals surface area (Å²) in [7, 11) is 0. The average Bonchev–Trinajstić information content (AvgIpc) is 3.30. The predicted molar refractivity (Wildman–Crippen MR) is 107 cm³/mol. The summed E-state index contributed by atoms with van der Waals surface area (Å²) < 4.78 is 7.06. The van der Waals surface area contributed by atoms with Crippen LogP contribution in [0.4, 0.5) is 0 Å². The molecule has 1 amide bonds. The second-order valence-corrected chi connectivity index (χ2v) is 9.41. The molecule has 4 rings (SSSR count). The van der Waals surface area contributed by atoms with E-state index in [-0.39, 0.29) is 29.0 Å². The number of fused-ring (bicyclic) bond motifs is 1. The van der Waals surface area contributed by atoms with Crippen LogP contribution >= 0.6 is 11.8 Å². The number of aryl methyl sites for hydroxylation is 1. The van der Waals surface area contributed by atoms with E-state index in [2.05, 4.69) is 41.4 Å². The lowest BCUT2D eigenvalue weighted by Crippen LogP contribution is -2.44. The maximum atomic E-state index is 12.7. The molecule has 9 heteroatoms. The molecule has 4 heterocycles. The van der Waals surface area contributed by atoms with Crippen molar-refractivity contribution in [1.29, 1.82) is 0 Å². The molecule has 2 aliphatic heterocycles. The summed E-state index contributed by atoms with van der Waals surface area (Å²) in [6, 6.07) is 2.79. The van der Waals surface area contributed by atoms with E-state index in [1.165, 1.54) is 4.68 Å². The Morgan fingerprint density at radius 3 is 2.93 bits per heavy atom. The van der Waals surface area contributed by atoms with Gasteiger partial charge in [-0.05, 0) is 17.4 Å². The van der Waals surface area contributed by atoms with E-state index in [1.54, 1.807) is 12.1 Å². The van der Waals surface area contributed by atoms with E-state index in [0.717, 1.165) is 34.9 Å². The molecule has 0 spiro atoms. The molecule has 0 bridgehead atoms. The van der Waals surface area contributed by atoms with Crippen molar-refractivity contribution in [1.82, 2.24) is 25.3 Å². The van der Waals surface area contributed by atoms with E-state index in [1.807, 2.05) is 11.8 Å². The number of ether oxygens (including phenoxy) is 1. The van der Waals surface area contributed by atoms with Crippen LogP contribution in [0.1, 0.15) is 54.3 Å². The average molecular weight is 404 g/mol. The molecular formula is C19H25N5O3S. The van der Waals surface area contributed by atoms with Crippen molar-refractivity contribution >= 4 is 17.7 Å². The lowest BCUT2D eigenvalue weighted by Gasteiger charge is -2.22. The highest BCUT2D eigenvalue weighted by Gasteiger charge is 2.34. The van der Waals surface area contributed by atoms with Crippen LogP contribution in [0, 0.1) is 0 Å². The van der Waals surface area contributed by atoms with Gasteiger partial charge in [0, 0.05) is 29.3 Å². The molecule has 2 aromatic heterocycles. The zero-order valence-corrected chi connectivity index (χ0v) is 17.1. The van der Waals surface area contributed by atoms with Crippen LogP contribution in [0.3, 0.4) is 0 Å². The summed E-state index contributed by atoms with van der Waals surface area (Å²) in [4.78, 5) is 25.3. The molecule has 0 aromatic carbocycles. The quantitative estimate of drug-likeness (QED) is 0.804. The highest BCUT2D eigenvalue weighted by Crippen LogP contribution is 2.24. The molecule has 2 aromatic rings. The van der Waals surface area contributed by atoms with Gasteiger partial charge in [-0.2, -0.15) is 22.0 Å². The normalized spacial score (nSPS) is 22.1. The number of nitrogens with one attached hydrogen (secondary N) is 2. The summed E-state index contributed by atoms with van der Waals surface area (Å²) in [6.45, 7) is 6.84. The van der Waals surface area contributed by atoms with Gasteiger partial charge in [0.05, 0.1) is 24.9 Å². The van der Waals surface area contributed by atoms with Crippen molar-refractivity contribution < 1.29 is 9.53 Å². The van der Waals surface area contributed by atoms with Gasteiger partial charge < -0.3 is 10.1 Å². The second-order valence-electron chi connectivity index (χ2n) is 8.30. The summed E-state index contributed by atoms with van der Waals surface area (Å²) in [5, 5.41) is 14.6. The minimum atomic E-state index is -0.330. The van der Waals surface area contributed by atoms with Crippen LogP contribution in [0.2, 0.25) is 0 Å². The molecule has 0 aliphatic carbocycles. The van der Waals surface area contributed by atoms with E-state index < -0.39 is 0 Å². The zero-order chi connectivity index (χ0) is 19.9. The fourth-order valence-corrected chi connectivity index (χ4v) is 4.40. The highest BCUT2D eigenvalue weighted by molar-refractivity contribution is 7.98. The Bertz CT molecular complexity index is 946. The molecule has 8 nitrogen and oxygen atoms in total. The fourth-order valence-electron chi connectivity index (χ4n) is 3.45. The largest absolute Gasteiger partial charge is 0.377 e. The Hall–Kier alpha value is -2.13. The van der Waals surface area contributed by atoms with Gasteiger partial charge in [0.25, 0.3) is 11.5 Å². The number of rotatable bonds is 3. The van der Waals surface area contributed by atoms with Gasteiger partial charge in [-0.25, -0.2) is 4.68 Å². The topological polar surface area (TPSA) is 102 Å². The Balaban J connectivity index is 1.53. The van der Waals surface area contributed by atoms with E-state index in [9.17, 15) is 9.59 Å². The molecular weight excluding hydrogens is 378 g/mol. The van der Waals surface area contributed by atoms with Gasteiger partial charge in [-0.15, -0.1) is 0 Å². The third-order valence-electron chi connectivity index (χ3n) is 5.16. The fraction of sp³-hybridized carbons (Fsp3) is 0.579. The number of hydrogen-bond acceptors (Lipinski definition) is 6. The Morgan fingerprint density at radius 2 is 2.18 bits per heavy atom. The molecule has 2 unspecified atom stereocenters. The molecule has 0 saturated carbocycles. The Morgan fingerprint density at radius 1 is 1.36 bits per heavy atom. The standard InChI is InChI=1S/C19H25N5O3S/c1-19(2,3)16-7-13(21-22-16)18(26)20-14-8-27-9-15(14)24-17(25)6-11-10-28-5-4-12(11)23-24/h6-7,14-15H,4-5,8-10H2,1-3H3,(H,20,26)(H,21,22). The van der Waals surface area contributed by atoms with Gasteiger partial charge in [-0.1, -0.05) is 20.8 Å². The first-order chi connectivity index (χ1) is 13.3. The third kappa shape index (κ3) is 3.73. The van der Waals surface area contributed by atoms with E-state index in [0.29, 0.717) is 18.9 Å². The minimum absolute atomic E-state index is 0.122. The number of H-pyrrole nitrogens is 1. The SMILES string of the molecule is CC(C)(C)c1cc(C(=O)NC2COCC2n2nc3c(cc2=O)CSCC3)n[nH]1. The first-order valence-corrected chi connectivity index (χ1v) is 10.6. The maximum absolute atomic E-state index is 12.7. The van der Waals surface area contributed by atoms with Crippen LogP contribution in [-0.2, 0) is 22.3 Å². The molecule has 28 heavy (non-hydrogen) atoms. The molecule has 0 radical (unpaired) electrons. The highest BCUT2D eigenvalue weighted by atomic mass is 32.2. The number of aromatic nitrogens is 4. The second kappa shape index (κ2) is 7.36. The van der Waals surface area contributed by atoms with Crippen molar-refractivity contribution in [2.45, 2.75) is 50.4 Å². The molecule has 2 aliphatic rings. The zero-order valence-electron chi connectivity index (χ0n) is 16.3. The Kier molecular flexibility index (Phi) is 5.05. The monoisotopic (exact) mass is 403 g/mol. The Labute approximate surface area is 167 Å². The molecule has 2 atom stereocenters. The molecule has 1 saturated heterocycles. The van der Waals surface area contributed by atoms with Gasteiger partial charge in [-0.3, -0.25) is 14.7 Å². The van der Waals surface area contributed by atoms with Crippen molar-refractivity contribution in [2.24, 2.45) is 0 Å². The molecule has 2 N–H and O–H groups in total. The maximum Gasteiger partial charge on any atom is 0.272 e. The van der Waals surface area contributed by atoms with Gasteiger partial charge in [0.1, 0.15) is 11.7 Å². The van der Waals surface area contributed by atoms with Crippen LogP contribution in [0.15, 0.2) is 16.9 Å². The number of thioether (sulfide) groups is 1. The minimum Gasteiger partial charge on any atom is -0.377 e. The first kappa shape index (κ1) is 19.2. The summed E-state index contributed by atoms with van der Waals surface area (Å²) >= 11 is 1.81. The van der Waals surface area contributed by atoms with Crippen molar-refractivity contribution in [2.75, 3.05) is 19.0 Å². The predicted octanol–water partition coefficient (Wildman–Crippen LogP) is 1.42. The van der Waals surface area contributed by atoms with Crippen LogP contribution in [0.25, 0.3) is 0 Å². The van der Waals surface area contributed by atoms with Crippen LogP contribution < -0.4 is 10.9 Å². The van der Waals surface area contributed by atoms with Crippen molar-refractivity contribution in [3.8, 4) is 0 Å². The molecule has 150 valence electrons. The smallest absolute Gasteiger partial charge is 0.272 e. The summed E-state index contributed by atoms with van der Waals surface area (Å²) in [5.74, 6) is 1.55. The summed E-state index contributed by atoms with van der Waals surface area (Å²) in [6.07, 6.45) is 0.855. The van der Waals surface area contributed by atoms with Gasteiger partial charge >= 0.3 is 0 Å². The van der Waals surface area contributed by atoms with Crippen LogP contribution in [0.5, 0.6) is 0 Å². The van der Waals surface area contributed by atoms with Crippen molar-refractivity contribution in [3.05, 3.63) is 45.1 Å². The first-order valence-electron chi connectivity index (χ1n) is 9.47. The molecule has 1 fully saturated rings. The van der Waals surface area contributed by atoms with E-state index >= 15 is 0 Å². The third-order valence-corrected chi connectivity index (χ3v) is 6.17. The lowest BCUT2D eigenvalue weighted by molar-refractivity contribution is 0.0919. The van der Waals surface area contributed by atoms with E-state index in [4.69, 9.17) is 4.74 Å². The number of aromatic amines is 1. The lowest BCUT2D eigenvalue weighted by atomic mass is 9.92. The number of hydrogen-bond donors (Lipinski definition) is 2. The van der Waals surface area contributed by atoms with Crippen molar-refractivity contribution in [3.63, 3.8) is 0 Å². The number of nitrogens with zero attached hydrogens (tertiary/aromatic N) is 3. The van der Waals surface area contributed by atoms with Gasteiger partial charge in [0.15, 0.2) is 0 Å². The summed E-state index contributed by atoms with van der Waals surface area (Å²) in [5.41, 5.74) is 2.94. The number of carbonyl (C=O) groups is 1. The van der Waals surface area contributed by atoms with Gasteiger partial charge in [0.2, 0.25) is 0 Å².